The average molecular weight is 247 g/mol. The summed E-state index contributed by atoms with van der Waals surface area (Å²) in [7, 11) is 2.12. The summed E-state index contributed by atoms with van der Waals surface area (Å²) in [6.07, 6.45) is 6.12. The molecule has 0 aliphatic heterocycles. The minimum absolute atomic E-state index is 1.24. The molecule has 1 aromatic heterocycles. The first-order valence-electron chi connectivity index (χ1n) is 6.53. The number of allylic oxidation sites excluding steroid dienone is 1. The fourth-order valence-electron chi connectivity index (χ4n) is 2.90. The van der Waals surface area contributed by atoms with E-state index in [-0.39, 0.29) is 0 Å². The smallest absolute Gasteiger partial charge is 0.0495 e. The van der Waals surface area contributed by atoms with Gasteiger partial charge in [-0.2, -0.15) is 0 Å². The Morgan fingerprint density at radius 3 is 2.63 bits per heavy atom. The molecule has 19 heavy (non-hydrogen) atoms. The van der Waals surface area contributed by atoms with Gasteiger partial charge < -0.3 is 4.57 Å². The monoisotopic (exact) mass is 247 g/mol. The normalized spacial score (nSPS) is 13.6. The van der Waals surface area contributed by atoms with Crippen LogP contribution in [0.15, 0.2) is 49.1 Å². The first kappa shape index (κ1) is 11.8. The van der Waals surface area contributed by atoms with E-state index in [0.29, 0.717) is 0 Å². The molecule has 94 valence electrons. The van der Waals surface area contributed by atoms with E-state index in [1.54, 1.807) is 0 Å². The fraction of sp³-hybridized carbons (Fsp3) is 0.111. The fourth-order valence-corrected chi connectivity index (χ4v) is 2.90. The van der Waals surface area contributed by atoms with Crippen LogP contribution >= 0.6 is 0 Å². The molecule has 0 saturated heterocycles. The maximum atomic E-state index is 3.85. The molecule has 0 radical (unpaired) electrons. The molecule has 0 aliphatic carbocycles. The highest BCUT2D eigenvalue weighted by Gasteiger charge is 2.07. The lowest BCUT2D eigenvalue weighted by Crippen LogP contribution is -2.27. The van der Waals surface area contributed by atoms with E-state index in [0.717, 1.165) is 0 Å². The second-order valence-electron chi connectivity index (χ2n) is 4.73. The van der Waals surface area contributed by atoms with Crippen molar-refractivity contribution in [2.75, 3.05) is 0 Å². The van der Waals surface area contributed by atoms with Gasteiger partial charge in [0.05, 0.1) is 0 Å². The largest absolute Gasteiger partial charge is 0.344 e. The molecule has 1 heteroatoms. The van der Waals surface area contributed by atoms with E-state index in [2.05, 4.69) is 73.7 Å². The molecule has 0 unspecified atom stereocenters. The van der Waals surface area contributed by atoms with Crippen LogP contribution in [0.25, 0.3) is 33.8 Å². The van der Waals surface area contributed by atoms with E-state index in [4.69, 9.17) is 0 Å². The third kappa shape index (κ3) is 1.62. The van der Waals surface area contributed by atoms with Gasteiger partial charge >= 0.3 is 0 Å². The van der Waals surface area contributed by atoms with Crippen LogP contribution in [0.3, 0.4) is 0 Å². The minimum Gasteiger partial charge on any atom is -0.344 e. The Labute approximate surface area is 112 Å². The molecule has 0 spiro atoms. The molecule has 0 saturated carbocycles. The Balaban J connectivity index is 2.74. The maximum Gasteiger partial charge on any atom is 0.0495 e. The first-order valence-corrected chi connectivity index (χ1v) is 6.53. The Morgan fingerprint density at radius 2 is 1.89 bits per heavy atom. The van der Waals surface area contributed by atoms with Crippen molar-refractivity contribution < 1.29 is 0 Å². The van der Waals surface area contributed by atoms with Gasteiger partial charge in [-0.25, -0.2) is 0 Å². The topological polar surface area (TPSA) is 4.93 Å². The lowest BCUT2D eigenvalue weighted by atomic mass is 10.1. The molecule has 0 fully saturated rings. The van der Waals surface area contributed by atoms with Crippen molar-refractivity contribution in [2.45, 2.75) is 6.92 Å². The standard InChI is InChI=1S/C18H17N/c1-4-8-15-16(5-2)19(3)17-12-11-13-9-6-7-10-14(13)18(15)17/h4-12H,1H2,2-3H3/b15-8+,16-5+. The minimum atomic E-state index is 1.24. The van der Waals surface area contributed by atoms with Crippen molar-refractivity contribution in [3.63, 3.8) is 0 Å². The van der Waals surface area contributed by atoms with Crippen LogP contribution in [0.5, 0.6) is 0 Å². The lowest BCUT2D eigenvalue weighted by Gasteiger charge is -2.01. The zero-order chi connectivity index (χ0) is 13.4. The van der Waals surface area contributed by atoms with Gasteiger partial charge in [0.2, 0.25) is 0 Å². The van der Waals surface area contributed by atoms with Crippen molar-refractivity contribution in [3.05, 3.63) is 59.6 Å². The molecule has 1 heterocycles. The molecule has 0 aliphatic rings. The number of aromatic nitrogens is 1. The predicted octanol–water partition coefficient (Wildman–Crippen LogP) is 3.10. The van der Waals surface area contributed by atoms with Crippen molar-refractivity contribution in [2.24, 2.45) is 7.05 Å². The van der Waals surface area contributed by atoms with Gasteiger partial charge in [0.25, 0.3) is 0 Å². The van der Waals surface area contributed by atoms with Gasteiger partial charge in [0.15, 0.2) is 0 Å². The summed E-state index contributed by atoms with van der Waals surface area (Å²) in [5.41, 5.74) is 1.26. The molecule has 1 nitrogen and oxygen atoms in total. The Hall–Kier alpha value is -2.28. The van der Waals surface area contributed by atoms with Gasteiger partial charge in [-0.05, 0) is 23.8 Å². The predicted molar refractivity (Wildman–Crippen MR) is 84.5 cm³/mol. The van der Waals surface area contributed by atoms with Crippen molar-refractivity contribution in [3.8, 4) is 0 Å². The molecule has 0 amide bonds. The van der Waals surface area contributed by atoms with Gasteiger partial charge in [-0.3, -0.25) is 0 Å². The van der Waals surface area contributed by atoms with Crippen LogP contribution in [-0.4, -0.2) is 4.57 Å². The summed E-state index contributed by atoms with van der Waals surface area (Å²) >= 11 is 0. The lowest BCUT2D eigenvalue weighted by molar-refractivity contribution is 0.924. The summed E-state index contributed by atoms with van der Waals surface area (Å²) < 4.78 is 2.25. The number of aryl methyl sites for hydroxylation is 1. The summed E-state index contributed by atoms with van der Waals surface area (Å²) in [5.74, 6) is 0. The maximum absolute atomic E-state index is 3.85. The SMILES string of the molecule is C=C/C=c1\c(=C/C)n(C)c2ccc3ccccc3c12. The number of hydrogen-bond acceptors (Lipinski definition) is 0. The van der Waals surface area contributed by atoms with Gasteiger partial charge in [-0.1, -0.05) is 55.1 Å². The third-order valence-electron chi connectivity index (χ3n) is 3.73. The first-order chi connectivity index (χ1) is 9.27. The summed E-state index contributed by atoms with van der Waals surface area (Å²) in [4.78, 5) is 0. The highest BCUT2D eigenvalue weighted by Crippen LogP contribution is 2.21. The van der Waals surface area contributed by atoms with E-state index in [1.807, 2.05) is 6.08 Å². The van der Waals surface area contributed by atoms with Crippen LogP contribution in [0.1, 0.15) is 6.92 Å². The molecular formula is C18H17N. The second-order valence-corrected chi connectivity index (χ2v) is 4.73. The zero-order valence-electron chi connectivity index (χ0n) is 11.4. The van der Waals surface area contributed by atoms with Crippen molar-refractivity contribution >= 4 is 33.8 Å². The van der Waals surface area contributed by atoms with E-state index in [1.165, 1.54) is 32.2 Å². The average Bonchev–Trinajstić information content (AvgIpc) is 2.72. The van der Waals surface area contributed by atoms with Crippen molar-refractivity contribution in [1.29, 1.82) is 0 Å². The molecular weight excluding hydrogens is 230 g/mol. The molecule has 3 aromatic rings. The Bertz CT molecular complexity index is 895. The quantitative estimate of drug-likeness (QED) is 0.622. The van der Waals surface area contributed by atoms with Crippen LogP contribution in [-0.2, 0) is 7.05 Å². The summed E-state index contributed by atoms with van der Waals surface area (Å²) in [6.45, 7) is 5.93. The van der Waals surface area contributed by atoms with E-state index >= 15 is 0 Å². The second kappa shape index (κ2) is 4.43. The van der Waals surface area contributed by atoms with E-state index < -0.39 is 0 Å². The highest BCUT2D eigenvalue weighted by molar-refractivity contribution is 6.07. The molecule has 0 N–H and O–H groups in total. The molecule has 3 rings (SSSR count). The molecule has 0 bridgehead atoms. The zero-order valence-corrected chi connectivity index (χ0v) is 11.4. The number of nitrogens with zero attached hydrogens (tertiary/aromatic N) is 1. The van der Waals surface area contributed by atoms with Crippen LogP contribution in [0.4, 0.5) is 0 Å². The number of rotatable bonds is 1. The van der Waals surface area contributed by atoms with Crippen LogP contribution in [0, 0.1) is 0 Å². The number of benzene rings is 2. The van der Waals surface area contributed by atoms with Crippen LogP contribution in [0.2, 0.25) is 0 Å². The van der Waals surface area contributed by atoms with Gasteiger partial charge in [0.1, 0.15) is 0 Å². The Kier molecular flexibility index (Phi) is 2.75. The number of fused-ring (bicyclic) bond motifs is 3. The van der Waals surface area contributed by atoms with E-state index in [9.17, 15) is 0 Å². The Morgan fingerprint density at radius 1 is 1.11 bits per heavy atom. The number of hydrogen-bond donors (Lipinski definition) is 0. The third-order valence-corrected chi connectivity index (χ3v) is 3.73. The van der Waals surface area contributed by atoms with Gasteiger partial charge in [0, 0.05) is 28.5 Å². The van der Waals surface area contributed by atoms with Gasteiger partial charge in [-0.15, -0.1) is 0 Å². The highest BCUT2D eigenvalue weighted by atomic mass is 14.9. The summed E-state index contributed by atoms with van der Waals surface area (Å²) in [6, 6.07) is 12.9. The molecule has 2 aromatic carbocycles. The molecule has 0 atom stereocenters. The van der Waals surface area contributed by atoms with Crippen molar-refractivity contribution in [1.82, 2.24) is 4.57 Å². The van der Waals surface area contributed by atoms with Crippen LogP contribution < -0.4 is 10.6 Å². The summed E-state index contributed by atoms with van der Waals surface area (Å²) in [5, 5.41) is 6.39.